The van der Waals surface area contributed by atoms with Gasteiger partial charge in [-0.05, 0) is 48.5 Å². The summed E-state index contributed by atoms with van der Waals surface area (Å²) in [7, 11) is 1.99. The van der Waals surface area contributed by atoms with E-state index >= 15 is 0 Å². The van der Waals surface area contributed by atoms with Crippen molar-refractivity contribution < 1.29 is 28.9 Å². The summed E-state index contributed by atoms with van der Waals surface area (Å²) in [6, 6.07) is 15.5. The van der Waals surface area contributed by atoms with Crippen molar-refractivity contribution in [3.05, 3.63) is 93.4 Å². The van der Waals surface area contributed by atoms with Crippen LogP contribution in [0, 0.1) is 22.0 Å². The monoisotopic (exact) mass is 591 g/mol. The number of aliphatic hydroxyl groups is 1. The van der Waals surface area contributed by atoms with E-state index in [4.69, 9.17) is 4.74 Å². The van der Waals surface area contributed by atoms with Crippen molar-refractivity contribution in [1.29, 1.82) is 0 Å². The third-order valence-electron chi connectivity index (χ3n) is 7.60. The van der Waals surface area contributed by atoms with Gasteiger partial charge < -0.3 is 14.7 Å². The molecule has 4 aromatic rings. The molecule has 1 N–H and O–H groups in total. The number of benzene rings is 2. The predicted molar refractivity (Wildman–Crippen MR) is 152 cm³/mol. The van der Waals surface area contributed by atoms with Crippen molar-refractivity contribution in [2.24, 2.45) is 18.9 Å². The summed E-state index contributed by atoms with van der Waals surface area (Å²) in [5.74, 6) is -1.76. The SMILES string of the molecule is C[C@@H](O)[C@H]1C(=O)N2C(C(=O)OCc3ccc([N+](=O)[O-])cc3)=C(c3cn4c[n+](C)c(Sc5ccccc5)c4s3)[C@H](C)[C@H]12. The number of ether oxygens (including phenoxy) is 1. The molecule has 6 rings (SSSR count). The molecule has 10 nitrogen and oxygen atoms in total. The summed E-state index contributed by atoms with van der Waals surface area (Å²) in [5.41, 5.74) is 1.44. The molecule has 1 saturated heterocycles. The maximum Gasteiger partial charge on any atom is 0.355 e. The van der Waals surface area contributed by atoms with Crippen LogP contribution in [0.2, 0.25) is 0 Å². The molecule has 2 aliphatic rings. The molecule has 2 aromatic heterocycles. The summed E-state index contributed by atoms with van der Waals surface area (Å²) in [4.78, 5) is 41.7. The number of carbonyl (C=O) groups excluding carboxylic acids is 2. The second kappa shape index (κ2) is 10.4. The van der Waals surface area contributed by atoms with E-state index in [1.807, 2.05) is 49.1 Å². The lowest BCUT2D eigenvalue weighted by Crippen LogP contribution is -2.63. The molecule has 1 amide bonds. The van der Waals surface area contributed by atoms with Gasteiger partial charge in [0.2, 0.25) is 22.1 Å². The number of amides is 1. The maximum absolute atomic E-state index is 13.6. The number of thiazole rings is 1. The van der Waals surface area contributed by atoms with Crippen LogP contribution in [-0.4, -0.2) is 43.4 Å². The number of fused-ring (bicyclic) bond motifs is 2. The number of rotatable bonds is 8. The number of nitro groups is 1. The van der Waals surface area contributed by atoms with Gasteiger partial charge in [-0.1, -0.05) is 36.5 Å². The lowest BCUT2D eigenvalue weighted by molar-refractivity contribution is -0.705. The molecule has 1 fully saturated rings. The first-order chi connectivity index (χ1) is 19.7. The van der Waals surface area contributed by atoms with Crippen molar-refractivity contribution in [3.8, 4) is 0 Å². The van der Waals surface area contributed by atoms with Gasteiger partial charge in [-0.2, -0.15) is 4.40 Å². The van der Waals surface area contributed by atoms with E-state index in [1.54, 1.807) is 18.7 Å². The fraction of sp³-hybridized carbons (Fsp3) is 0.276. The van der Waals surface area contributed by atoms with E-state index in [2.05, 4.69) is 16.7 Å². The van der Waals surface area contributed by atoms with E-state index in [-0.39, 0.29) is 35.9 Å². The first-order valence-corrected chi connectivity index (χ1v) is 14.7. The number of hydrogen-bond donors (Lipinski definition) is 1. The Morgan fingerprint density at radius 1 is 1.22 bits per heavy atom. The number of imidazole rings is 1. The minimum Gasteiger partial charge on any atom is -0.456 e. The quantitative estimate of drug-likeness (QED) is 0.107. The number of non-ortho nitro benzene ring substituents is 1. The number of aromatic nitrogens is 2. The molecular formula is C29H27N4O6S2+. The molecule has 12 heteroatoms. The molecule has 0 unspecified atom stereocenters. The third-order valence-corrected chi connectivity index (χ3v) is 10.1. The number of esters is 1. The van der Waals surface area contributed by atoms with Gasteiger partial charge in [0, 0.05) is 28.5 Å². The second-order valence-corrected chi connectivity index (χ2v) is 12.4. The van der Waals surface area contributed by atoms with Crippen LogP contribution in [0.1, 0.15) is 24.3 Å². The van der Waals surface area contributed by atoms with Gasteiger partial charge >= 0.3 is 5.97 Å². The largest absolute Gasteiger partial charge is 0.456 e. The topological polar surface area (TPSA) is 118 Å². The van der Waals surface area contributed by atoms with Crippen molar-refractivity contribution in [3.63, 3.8) is 0 Å². The Kier molecular flexibility index (Phi) is 6.92. The molecule has 0 bridgehead atoms. The van der Waals surface area contributed by atoms with Crippen molar-refractivity contribution >= 4 is 51.1 Å². The first kappa shape index (κ1) is 27.2. The van der Waals surface area contributed by atoms with E-state index in [9.17, 15) is 24.8 Å². The molecule has 4 heterocycles. The van der Waals surface area contributed by atoms with Crippen LogP contribution >= 0.6 is 23.1 Å². The molecule has 0 saturated carbocycles. The molecular weight excluding hydrogens is 564 g/mol. The number of carbonyl (C=O) groups is 2. The van der Waals surface area contributed by atoms with Gasteiger partial charge in [0.05, 0.1) is 34.9 Å². The van der Waals surface area contributed by atoms with Crippen LogP contribution in [0.15, 0.2) is 82.7 Å². The fourth-order valence-electron chi connectivity index (χ4n) is 5.65. The summed E-state index contributed by atoms with van der Waals surface area (Å²) in [6.07, 6.45) is 3.10. The number of β-lactam (4-membered cyclic amide) rings is 1. The molecule has 0 spiro atoms. The zero-order chi connectivity index (χ0) is 29.0. The molecule has 210 valence electrons. The highest BCUT2D eigenvalue weighted by Gasteiger charge is 2.60. The minimum atomic E-state index is -0.852. The van der Waals surface area contributed by atoms with E-state index in [1.165, 1.54) is 40.5 Å². The van der Waals surface area contributed by atoms with E-state index in [0.717, 1.165) is 19.6 Å². The molecule has 2 aliphatic heterocycles. The molecule has 4 atom stereocenters. The molecule has 0 aliphatic carbocycles. The maximum atomic E-state index is 13.6. The Balaban J connectivity index is 1.36. The van der Waals surface area contributed by atoms with E-state index < -0.39 is 22.9 Å². The Morgan fingerprint density at radius 3 is 2.59 bits per heavy atom. The lowest BCUT2D eigenvalue weighted by Gasteiger charge is -2.46. The van der Waals surface area contributed by atoms with Crippen LogP contribution in [0.4, 0.5) is 5.69 Å². The van der Waals surface area contributed by atoms with Gasteiger partial charge in [0.15, 0.2) is 0 Å². The van der Waals surface area contributed by atoms with E-state index in [0.29, 0.717) is 11.1 Å². The predicted octanol–water partition coefficient (Wildman–Crippen LogP) is 4.20. The highest BCUT2D eigenvalue weighted by Crippen LogP contribution is 2.52. The average Bonchev–Trinajstić information content (AvgIpc) is 3.55. The summed E-state index contributed by atoms with van der Waals surface area (Å²) in [6.45, 7) is 3.47. The lowest BCUT2D eigenvalue weighted by atomic mass is 9.77. The number of aliphatic hydroxyl groups excluding tert-OH is 1. The normalized spacial score (nSPS) is 20.7. The second-order valence-electron chi connectivity index (χ2n) is 10.3. The van der Waals surface area contributed by atoms with Gasteiger partial charge in [-0.3, -0.25) is 14.9 Å². The van der Waals surface area contributed by atoms with Gasteiger partial charge in [-0.15, -0.1) is 0 Å². The summed E-state index contributed by atoms with van der Waals surface area (Å²) >= 11 is 3.18. The molecule has 41 heavy (non-hydrogen) atoms. The van der Waals surface area contributed by atoms with Crippen LogP contribution in [0.3, 0.4) is 0 Å². The smallest absolute Gasteiger partial charge is 0.355 e. The Hall–Kier alpha value is -4.00. The number of nitrogens with zero attached hydrogens (tertiary/aromatic N) is 4. The van der Waals surface area contributed by atoms with Crippen LogP contribution < -0.4 is 4.57 Å². The van der Waals surface area contributed by atoms with Crippen LogP contribution in [-0.2, 0) is 28.0 Å². The van der Waals surface area contributed by atoms with Gasteiger partial charge in [0.1, 0.15) is 18.5 Å². The standard InChI is InChI=1S/C29H27N4O6S2/c1-16-22(21-13-31-15-30(3)27(28(31)41-21)40-20-7-5-4-6-8-20)25(32-24(16)23(17(2)34)26(32)35)29(36)39-14-18-9-11-19(12-10-18)33(37)38/h4-13,15-17,23-24,34H,14H2,1-3H3/q+1/t16-,17+,23+,24+/m0/s1. The van der Waals surface area contributed by atoms with Gasteiger partial charge in [-0.25, -0.2) is 9.36 Å². The van der Waals surface area contributed by atoms with Gasteiger partial charge in [0.25, 0.3) is 5.69 Å². The minimum absolute atomic E-state index is 0.0554. The van der Waals surface area contributed by atoms with Crippen molar-refractivity contribution in [1.82, 2.24) is 9.30 Å². The van der Waals surface area contributed by atoms with Crippen molar-refractivity contribution in [2.75, 3.05) is 0 Å². The fourth-order valence-corrected chi connectivity index (χ4v) is 8.01. The number of hydrogen-bond acceptors (Lipinski definition) is 8. The molecule has 2 aromatic carbocycles. The first-order valence-electron chi connectivity index (χ1n) is 13.0. The zero-order valence-electron chi connectivity index (χ0n) is 22.5. The highest BCUT2D eigenvalue weighted by atomic mass is 32.2. The number of nitro benzene ring substituents is 1. The van der Waals surface area contributed by atoms with Crippen LogP contribution in [0.5, 0.6) is 0 Å². The average molecular weight is 592 g/mol. The zero-order valence-corrected chi connectivity index (χ0v) is 24.1. The van der Waals surface area contributed by atoms with Crippen molar-refractivity contribution in [2.45, 2.75) is 42.5 Å². The summed E-state index contributed by atoms with van der Waals surface area (Å²) in [5, 5.41) is 22.4. The third kappa shape index (κ3) is 4.61. The Morgan fingerprint density at radius 2 is 1.93 bits per heavy atom. The van der Waals surface area contributed by atoms with Crippen LogP contribution in [0.25, 0.3) is 10.4 Å². The molecule has 0 radical (unpaired) electrons. The highest BCUT2D eigenvalue weighted by molar-refractivity contribution is 7.99. The Labute approximate surface area is 243 Å². The summed E-state index contributed by atoms with van der Waals surface area (Å²) < 4.78 is 9.73. The Bertz CT molecular complexity index is 1710. The number of aryl methyl sites for hydroxylation is 1.